The Hall–Kier alpha value is -0.0400. The molecule has 1 heterocycles. The molecule has 1 nitrogen and oxygen atoms in total. The third kappa shape index (κ3) is 1.76. The van der Waals surface area contributed by atoms with E-state index in [0.717, 1.165) is 5.92 Å². The zero-order valence-corrected chi connectivity index (χ0v) is 8.11. The fourth-order valence-corrected chi connectivity index (χ4v) is 2.19. The largest absolute Gasteiger partial charge is 0.316 e. The normalized spacial score (nSPS) is 32.7. The predicted octanol–water partition coefficient (Wildman–Crippen LogP) is 2.42. The number of hydrogen-bond acceptors (Lipinski definition) is 1. The Morgan fingerprint density at radius 3 is 2.45 bits per heavy atom. The number of rotatable bonds is 2. The van der Waals surface area contributed by atoms with Gasteiger partial charge in [-0.2, -0.15) is 0 Å². The fraction of sp³-hybridized carbons (Fsp3) is 1.00. The Labute approximate surface area is 70.6 Å². The monoisotopic (exact) mass is 155 g/mol. The smallest absolute Gasteiger partial charge is 0.00102 e. The van der Waals surface area contributed by atoms with Crippen molar-refractivity contribution in [2.45, 2.75) is 40.0 Å². The van der Waals surface area contributed by atoms with Crippen LogP contribution in [0.1, 0.15) is 40.0 Å². The molecule has 1 saturated heterocycles. The van der Waals surface area contributed by atoms with Crippen molar-refractivity contribution in [3.63, 3.8) is 0 Å². The second kappa shape index (κ2) is 3.57. The number of hydrogen-bond donors (Lipinski definition) is 1. The zero-order chi connectivity index (χ0) is 8.32. The van der Waals surface area contributed by atoms with Crippen LogP contribution in [0, 0.1) is 11.3 Å². The van der Waals surface area contributed by atoms with Crippen molar-refractivity contribution in [2.75, 3.05) is 13.1 Å². The van der Waals surface area contributed by atoms with Gasteiger partial charge in [-0.1, -0.05) is 20.8 Å². The minimum absolute atomic E-state index is 0.609. The maximum atomic E-state index is 3.51. The standard InChI is InChI=1S/C10H21N/c1-4-10(9(2)3)6-5-7-11-8-10/h9,11H,4-8H2,1-3H3/t10-/m0/s1. The molecule has 1 aliphatic rings. The lowest BCUT2D eigenvalue weighted by molar-refractivity contribution is 0.129. The summed E-state index contributed by atoms with van der Waals surface area (Å²) in [6.07, 6.45) is 4.12. The van der Waals surface area contributed by atoms with Crippen LogP contribution < -0.4 is 5.32 Å². The fourth-order valence-electron chi connectivity index (χ4n) is 2.19. The zero-order valence-electron chi connectivity index (χ0n) is 8.11. The lowest BCUT2D eigenvalue weighted by Crippen LogP contribution is -2.42. The van der Waals surface area contributed by atoms with E-state index in [1.807, 2.05) is 0 Å². The Kier molecular flexibility index (Phi) is 2.94. The molecule has 0 aliphatic carbocycles. The Balaban J connectivity index is 2.57. The molecule has 0 aromatic heterocycles. The van der Waals surface area contributed by atoms with Gasteiger partial charge in [-0.15, -0.1) is 0 Å². The van der Waals surface area contributed by atoms with E-state index in [4.69, 9.17) is 0 Å². The summed E-state index contributed by atoms with van der Waals surface area (Å²) in [7, 11) is 0. The molecule has 1 atom stereocenters. The second-order valence-electron chi connectivity index (χ2n) is 4.15. The molecule has 0 radical (unpaired) electrons. The van der Waals surface area contributed by atoms with Crippen molar-refractivity contribution in [1.82, 2.24) is 5.32 Å². The Morgan fingerprint density at radius 2 is 2.18 bits per heavy atom. The van der Waals surface area contributed by atoms with Gasteiger partial charge in [0.25, 0.3) is 0 Å². The first-order valence-corrected chi connectivity index (χ1v) is 4.92. The van der Waals surface area contributed by atoms with Crippen LogP contribution in [0.3, 0.4) is 0 Å². The summed E-state index contributed by atoms with van der Waals surface area (Å²) in [6.45, 7) is 9.51. The van der Waals surface area contributed by atoms with Crippen molar-refractivity contribution >= 4 is 0 Å². The van der Waals surface area contributed by atoms with Crippen molar-refractivity contribution < 1.29 is 0 Å². The SMILES string of the molecule is CC[C@]1(C(C)C)CCCNC1. The maximum absolute atomic E-state index is 3.51. The summed E-state index contributed by atoms with van der Waals surface area (Å²) < 4.78 is 0. The van der Waals surface area contributed by atoms with E-state index in [9.17, 15) is 0 Å². The molecular weight excluding hydrogens is 134 g/mol. The van der Waals surface area contributed by atoms with Crippen LogP contribution in [0.4, 0.5) is 0 Å². The van der Waals surface area contributed by atoms with E-state index in [0.29, 0.717) is 5.41 Å². The molecule has 1 N–H and O–H groups in total. The van der Waals surface area contributed by atoms with Gasteiger partial charge in [-0.25, -0.2) is 0 Å². The van der Waals surface area contributed by atoms with Crippen molar-refractivity contribution in [3.8, 4) is 0 Å². The second-order valence-corrected chi connectivity index (χ2v) is 4.15. The lowest BCUT2D eigenvalue weighted by atomic mass is 9.70. The Bertz CT molecular complexity index is 112. The third-order valence-corrected chi connectivity index (χ3v) is 3.43. The van der Waals surface area contributed by atoms with Gasteiger partial charge < -0.3 is 5.32 Å². The van der Waals surface area contributed by atoms with E-state index in [1.54, 1.807) is 0 Å². The van der Waals surface area contributed by atoms with E-state index in [1.165, 1.54) is 32.4 Å². The molecule has 0 aromatic carbocycles. The van der Waals surface area contributed by atoms with Gasteiger partial charge in [0, 0.05) is 6.54 Å². The molecule has 1 rings (SSSR count). The van der Waals surface area contributed by atoms with Gasteiger partial charge in [-0.3, -0.25) is 0 Å². The van der Waals surface area contributed by atoms with E-state index in [2.05, 4.69) is 26.1 Å². The molecule has 1 heteroatoms. The van der Waals surface area contributed by atoms with Crippen LogP contribution in [0.2, 0.25) is 0 Å². The van der Waals surface area contributed by atoms with Crippen LogP contribution >= 0.6 is 0 Å². The van der Waals surface area contributed by atoms with Crippen molar-refractivity contribution in [3.05, 3.63) is 0 Å². The molecule has 0 saturated carbocycles. The maximum Gasteiger partial charge on any atom is 0.00102 e. The molecule has 1 fully saturated rings. The highest BCUT2D eigenvalue weighted by Crippen LogP contribution is 2.37. The molecule has 0 amide bonds. The van der Waals surface area contributed by atoms with Crippen LogP contribution in [-0.4, -0.2) is 13.1 Å². The number of nitrogens with one attached hydrogen (secondary N) is 1. The third-order valence-electron chi connectivity index (χ3n) is 3.43. The van der Waals surface area contributed by atoms with Gasteiger partial charge in [0.2, 0.25) is 0 Å². The summed E-state index contributed by atoms with van der Waals surface area (Å²) in [5.74, 6) is 0.834. The molecule has 66 valence electrons. The van der Waals surface area contributed by atoms with Gasteiger partial charge in [0.05, 0.1) is 0 Å². The van der Waals surface area contributed by atoms with Crippen LogP contribution in [0.25, 0.3) is 0 Å². The molecule has 0 spiro atoms. The minimum Gasteiger partial charge on any atom is -0.316 e. The van der Waals surface area contributed by atoms with Crippen LogP contribution in [0.15, 0.2) is 0 Å². The molecular formula is C10H21N. The average molecular weight is 155 g/mol. The van der Waals surface area contributed by atoms with E-state index < -0.39 is 0 Å². The van der Waals surface area contributed by atoms with Gasteiger partial charge in [-0.05, 0) is 37.1 Å². The Morgan fingerprint density at radius 1 is 1.45 bits per heavy atom. The van der Waals surface area contributed by atoms with Gasteiger partial charge in [0.15, 0.2) is 0 Å². The predicted molar refractivity (Wildman–Crippen MR) is 49.7 cm³/mol. The summed E-state index contributed by atoms with van der Waals surface area (Å²) in [6, 6.07) is 0. The van der Waals surface area contributed by atoms with E-state index in [-0.39, 0.29) is 0 Å². The number of piperidine rings is 1. The molecule has 0 bridgehead atoms. The highest BCUT2D eigenvalue weighted by atomic mass is 14.9. The average Bonchev–Trinajstić information content (AvgIpc) is 2.05. The molecule has 0 unspecified atom stereocenters. The topological polar surface area (TPSA) is 12.0 Å². The molecule has 0 aromatic rings. The van der Waals surface area contributed by atoms with Crippen LogP contribution in [0.5, 0.6) is 0 Å². The van der Waals surface area contributed by atoms with Crippen molar-refractivity contribution in [1.29, 1.82) is 0 Å². The van der Waals surface area contributed by atoms with Gasteiger partial charge >= 0.3 is 0 Å². The summed E-state index contributed by atoms with van der Waals surface area (Å²) in [5, 5.41) is 3.51. The first-order valence-electron chi connectivity index (χ1n) is 4.92. The lowest BCUT2D eigenvalue weighted by Gasteiger charge is -2.40. The van der Waals surface area contributed by atoms with Gasteiger partial charge in [0.1, 0.15) is 0 Å². The molecule has 1 aliphatic heterocycles. The quantitative estimate of drug-likeness (QED) is 0.646. The highest BCUT2D eigenvalue weighted by Gasteiger charge is 2.32. The first-order chi connectivity index (χ1) is 5.21. The highest BCUT2D eigenvalue weighted by molar-refractivity contribution is 4.86. The van der Waals surface area contributed by atoms with E-state index >= 15 is 0 Å². The van der Waals surface area contributed by atoms with Crippen LogP contribution in [-0.2, 0) is 0 Å². The van der Waals surface area contributed by atoms with Crippen molar-refractivity contribution in [2.24, 2.45) is 11.3 Å². The first kappa shape index (κ1) is 9.05. The summed E-state index contributed by atoms with van der Waals surface area (Å²) in [4.78, 5) is 0. The summed E-state index contributed by atoms with van der Waals surface area (Å²) in [5.41, 5.74) is 0.609. The summed E-state index contributed by atoms with van der Waals surface area (Å²) >= 11 is 0. The minimum atomic E-state index is 0.609. The molecule has 11 heavy (non-hydrogen) atoms.